The summed E-state index contributed by atoms with van der Waals surface area (Å²) in [6.07, 6.45) is 1.52. The molecule has 0 radical (unpaired) electrons. The molecule has 2 aromatic rings. The lowest BCUT2D eigenvalue weighted by molar-refractivity contribution is -0.123. The Bertz CT molecular complexity index is 1140. The van der Waals surface area contributed by atoms with Crippen molar-refractivity contribution in [2.24, 2.45) is 0 Å². The maximum Gasteiger partial charge on any atom is 0.338 e. The number of imide groups is 1. The van der Waals surface area contributed by atoms with Crippen molar-refractivity contribution in [2.75, 3.05) is 33.9 Å². The van der Waals surface area contributed by atoms with E-state index in [2.05, 4.69) is 5.32 Å². The summed E-state index contributed by atoms with van der Waals surface area (Å²) < 4.78 is 42.3. The molecule has 10 nitrogen and oxygen atoms in total. The first-order chi connectivity index (χ1) is 15.8. The summed E-state index contributed by atoms with van der Waals surface area (Å²) in [4.78, 5) is 36.4. The van der Waals surface area contributed by atoms with Crippen LogP contribution in [0.15, 0.2) is 47.4 Å². The topological polar surface area (TPSA) is 128 Å². The first kappa shape index (κ1) is 24.2. The van der Waals surface area contributed by atoms with E-state index in [1.54, 1.807) is 12.1 Å². The van der Waals surface area contributed by atoms with Crippen molar-refractivity contribution in [2.45, 2.75) is 17.7 Å². The van der Waals surface area contributed by atoms with E-state index in [1.165, 1.54) is 42.8 Å². The Kier molecular flexibility index (Phi) is 7.67. The van der Waals surface area contributed by atoms with Crippen LogP contribution in [0.4, 0.5) is 0 Å². The van der Waals surface area contributed by atoms with Crippen LogP contribution >= 0.6 is 0 Å². The number of hydrogen-bond acceptors (Lipinski definition) is 8. The Morgan fingerprint density at radius 3 is 2.18 bits per heavy atom. The molecule has 0 atom stereocenters. The Morgan fingerprint density at radius 1 is 0.939 bits per heavy atom. The van der Waals surface area contributed by atoms with E-state index in [0.29, 0.717) is 18.8 Å². The average Bonchev–Trinajstić information content (AvgIpc) is 3.38. The van der Waals surface area contributed by atoms with E-state index in [9.17, 15) is 22.8 Å². The van der Waals surface area contributed by atoms with Crippen LogP contribution in [-0.4, -0.2) is 64.4 Å². The number of hydrogen-bond donors (Lipinski definition) is 1. The minimum atomic E-state index is -3.85. The number of nitrogens with one attached hydrogen (secondary N) is 1. The van der Waals surface area contributed by atoms with Gasteiger partial charge in [0.15, 0.2) is 6.61 Å². The molecule has 0 aliphatic carbocycles. The van der Waals surface area contributed by atoms with Crippen LogP contribution in [0.2, 0.25) is 0 Å². The molecule has 176 valence electrons. The van der Waals surface area contributed by atoms with Crippen LogP contribution in [0.5, 0.6) is 11.5 Å². The minimum Gasteiger partial charge on any atom is -0.497 e. The fourth-order valence-electron chi connectivity index (χ4n) is 3.26. The molecule has 0 unspecified atom stereocenters. The highest BCUT2D eigenvalue weighted by atomic mass is 32.2. The molecule has 0 saturated carbocycles. The van der Waals surface area contributed by atoms with E-state index < -0.39 is 34.4 Å². The second-order valence-corrected chi connectivity index (χ2v) is 9.07. The standard InChI is InChI=1S/C22H24N2O8S/c1-30-17-8-5-15(6-9-17)21(26)23-20(25)14-32-22(27)16-7-10-18(31-2)19(13-16)33(28,29)24-11-3-4-12-24/h5-10,13H,3-4,11-12,14H2,1-2H3,(H,23,25,26). The highest BCUT2D eigenvalue weighted by molar-refractivity contribution is 7.89. The Balaban J connectivity index is 1.65. The monoisotopic (exact) mass is 476 g/mol. The maximum atomic E-state index is 12.9. The first-order valence-electron chi connectivity index (χ1n) is 10.1. The van der Waals surface area contributed by atoms with Gasteiger partial charge in [-0.25, -0.2) is 13.2 Å². The van der Waals surface area contributed by atoms with Crippen molar-refractivity contribution in [1.82, 2.24) is 9.62 Å². The molecule has 1 N–H and O–H groups in total. The number of rotatable bonds is 8. The van der Waals surface area contributed by atoms with E-state index >= 15 is 0 Å². The summed E-state index contributed by atoms with van der Waals surface area (Å²) >= 11 is 0. The number of methoxy groups -OCH3 is 2. The number of sulfonamides is 1. The molecule has 1 aliphatic rings. The highest BCUT2D eigenvalue weighted by Gasteiger charge is 2.31. The number of carbonyl (C=O) groups excluding carboxylic acids is 3. The lowest BCUT2D eigenvalue weighted by Gasteiger charge is -2.18. The van der Waals surface area contributed by atoms with E-state index in [4.69, 9.17) is 14.2 Å². The predicted octanol–water partition coefficient (Wildman–Crippen LogP) is 1.60. The van der Waals surface area contributed by atoms with Gasteiger partial charge < -0.3 is 14.2 Å². The lowest BCUT2D eigenvalue weighted by Crippen LogP contribution is -2.34. The van der Waals surface area contributed by atoms with Gasteiger partial charge in [-0.3, -0.25) is 14.9 Å². The number of ether oxygens (including phenoxy) is 3. The van der Waals surface area contributed by atoms with Crippen molar-refractivity contribution in [3.63, 3.8) is 0 Å². The third kappa shape index (κ3) is 5.68. The van der Waals surface area contributed by atoms with Gasteiger partial charge in [0.25, 0.3) is 11.8 Å². The zero-order valence-corrected chi connectivity index (χ0v) is 19.0. The number of nitrogens with zero attached hydrogens (tertiary/aromatic N) is 1. The van der Waals surface area contributed by atoms with Crippen LogP contribution in [0.25, 0.3) is 0 Å². The number of amides is 2. The van der Waals surface area contributed by atoms with Crippen LogP contribution in [0.1, 0.15) is 33.6 Å². The molecule has 1 heterocycles. The van der Waals surface area contributed by atoms with Crippen LogP contribution in [-0.2, 0) is 19.6 Å². The quantitative estimate of drug-likeness (QED) is 0.569. The minimum absolute atomic E-state index is 0.0668. The van der Waals surface area contributed by atoms with Gasteiger partial charge in [-0.05, 0) is 55.3 Å². The molecule has 2 aromatic carbocycles. The molecular formula is C22H24N2O8S. The van der Waals surface area contributed by atoms with Gasteiger partial charge in [-0.2, -0.15) is 4.31 Å². The molecule has 0 spiro atoms. The largest absolute Gasteiger partial charge is 0.497 e. The molecule has 0 aromatic heterocycles. The van der Waals surface area contributed by atoms with Crippen molar-refractivity contribution in [3.8, 4) is 11.5 Å². The van der Waals surface area contributed by atoms with Crippen molar-refractivity contribution in [1.29, 1.82) is 0 Å². The van der Waals surface area contributed by atoms with Crippen LogP contribution in [0, 0.1) is 0 Å². The normalized spacial score (nSPS) is 13.9. The van der Waals surface area contributed by atoms with Gasteiger partial charge in [0.05, 0.1) is 19.8 Å². The number of carbonyl (C=O) groups is 3. The van der Waals surface area contributed by atoms with Gasteiger partial charge in [0.2, 0.25) is 10.0 Å². The number of esters is 1. The molecule has 33 heavy (non-hydrogen) atoms. The summed E-state index contributed by atoms with van der Waals surface area (Å²) in [6, 6.07) is 9.95. The van der Waals surface area contributed by atoms with Gasteiger partial charge in [0, 0.05) is 18.7 Å². The molecule has 3 rings (SSSR count). The predicted molar refractivity (Wildman–Crippen MR) is 117 cm³/mol. The van der Waals surface area contributed by atoms with Crippen molar-refractivity contribution < 1.29 is 37.0 Å². The van der Waals surface area contributed by atoms with Crippen molar-refractivity contribution >= 4 is 27.8 Å². The second-order valence-electron chi connectivity index (χ2n) is 7.16. The molecule has 1 saturated heterocycles. The smallest absolute Gasteiger partial charge is 0.338 e. The third-order valence-electron chi connectivity index (χ3n) is 5.02. The molecule has 0 bridgehead atoms. The summed E-state index contributed by atoms with van der Waals surface area (Å²) in [5, 5.41) is 2.11. The first-order valence-corrected chi connectivity index (χ1v) is 11.5. The zero-order chi connectivity index (χ0) is 24.0. The average molecular weight is 477 g/mol. The Hall–Kier alpha value is -3.44. The SMILES string of the molecule is COc1ccc(C(=O)NC(=O)COC(=O)c2ccc(OC)c(S(=O)(=O)N3CCCC3)c2)cc1. The second kappa shape index (κ2) is 10.5. The Labute approximate surface area is 191 Å². The summed E-state index contributed by atoms with van der Waals surface area (Å²) in [5.41, 5.74) is 0.158. The molecule has 1 aliphatic heterocycles. The summed E-state index contributed by atoms with van der Waals surface area (Å²) in [6.45, 7) is 0.0616. The lowest BCUT2D eigenvalue weighted by atomic mass is 10.2. The van der Waals surface area contributed by atoms with Crippen LogP contribution in [0.3, 0.4) is 0 Å². The van der Waals surface area contributed by atoms with Crippen LogP contribution < -0.4 is 14.8 Å². The molecular weight excluding hydrogens is 452 g/mol. The molecule has 11 heteroatoms. The van der Waals surface area contributed by atoms with Gasteiger partial charge in [0.1, 0.15) is 16.4 Å². The summed E-state index contributed by atoms with van der Waals surface area (Å²) in [5.74, 6) is -1.76. The van der Waals surface area contributed by atoms with Gasteiger partial charge in [-0.15, -0.1) is 0 Å². The van der Waals surface area contributed by atoms with E-state index in [0.717, 1.165) is 18.9 Å². The third-order valence-corrected chi connectivity index (χ3v) is 6.94. The van der Waals surface area contributed by atoms with Crippen molar-refractivity contribution in [3.05, 3.63) is 53.6 Å². The fourth-order valence-corrected chi connectivity index (χ4v) is 4.96. The summed E-state index contributed by atoms with van der Waals surface area (Å²) in [7, 11) is -1.03. The van der Waals surface area contributed by atoms with E-state index in [1.807, 2.05) is 0 Å². The highest BCUT2D eigenvalue weighted by Crippen LogP contribution is 2.30. The van der Waals surface area contributed by atoms with Gasteiger partial charge >= 0.3 is 5.97 Å². The number of benzene rings is 2. The maximum absolute atomic E-state index is 12.9. The zero-order valence-electron chi connectivity index (χ0n) is 18.2. The molecule has 1 fully saturated rings. The van der Waals surface area contributed by atoms with E-state index in [-0.39, 0.29) is 21.8 Å². The fraction of sp³-hybridized carbons (Fsp3) is 0.318. The Morgan fingerprint density at radius 2 is 1.58 bits per heavy atom. The van der Waals surface area contributed by atoms with Gasteiger partial charge in [-0.1, -0.05) is 0 Å². The molecule has 2 amide bonds.